The van der Waals surface area contributed by atoms with E-state index < -0.39 is 0 Å². The molecule has 4 N–H and O–H groups in total. The molecule has 0 fully saturated rings. The van der Waals surface area contributed by atoms with Gasteiger partial charge in [-0.25, -0.2) is 0 Å². The van der Waals surface area contributed by atoms with Crippen LogP contribution in [-0.2, 0) is 6.54 Å². The molecule has 0 saturated heterocycles. The molecule has 1 amide bonds. The molecular formula is C13H15N3O2S2. The molecule has 2 aromatic rings. The van der Waals surface area contributed by atoms with Crippen molar-refractivity contribution in [3.8, 4) is 0 Å². The van der Waals surface area contributed by atoms with Crippen molar-refractivity contribution < 1.29 is 9.59 Å². The Labute approximate surface area is 124 Å². The highest BCUT2D eigenvalue weighted by Gasteiger charge is 2.23. The first-order chi connectivity index (χ1) is 9.54. The Kier molecular flexibility index (Phi) is 4.41. The van der Waals surface area contributed by atoms with Crippen LogP contribution in [0.1, 0.15) is 31.8 Å². The minimum atomic E-state index is -0.292. The van der Waals surface area contributed by atoms with Crippen LogP contribution in [0.25, 0.3) is 0 Å². The van der Waals surface area contributed by atoms with Crippen molar-refractivity contribution in [2.45, 2.75) is 13.5 Å². The number of ketones is 1. The highest BCUT2D eigenvalue weighted by atomic mass is 32.1. The van der Waals surface area contributed by atoms with Crippen LogP contribution in [0.4, 0.5) is 10.7 Å². The van der Waals surface area contributed by atoms with Crippen LogP contribution in [0.2, 0.25) is 0 Å². The third-order valence-corrected chi connectivity index (χ3v) is 4.86. The molecule has 0 aromatic carbocycles. The summed E-state index contributed by atoms with van der Waals surface area (Å²) in [6.45, 7) is 2.04. The number of rotatable bonds is 5. The van der Waals surface area contributed by atoms with Crippen molar-refractivity contribution in [2.24, 2.45) is 0 Å². The third kappa shape index (κ3) is 2.83. The Morgan fingerprint density at radius 1 is 1.40 bits per heavy atom. The van der Waals surface area contributed by atoms with Gasteiger partial charge in [-0.3, -0.25) is 9.59 Å². The Morgan fingerprint density at radius 3 is 2.70 bits per heavy atom. The molecule has 2 rings (SSSR count). The van der Waals surface area contributed by atoms with Gasteiger partial charge in [0.15, 0.2) is 5.78 Å². The van der Waals surface area contributed by atoms with Gasteiger partial charge in [0, 0.05) is 18.8 Å². The highest BCUT2D eigenvalue weighted by molar-refractivity contribution is 7.19. The number of nitrogens with one attached hydrogen (secondary N) is 2. The molecule has 5 nitrogen and oxygen atoms in total. The SMILES string of the molecule is CNC(=O)c1c(NCc2cccs2)sc(C(C)=O)c1N. The van der Waals surface area contributed by atoms with E-state index in [0.29, 0.717) is 22.0 Å². The van der Waals surface area contributed by atoms with Gasteiger partial charge in [0.1, 0.15) is 5.00 Å². The van der Waals surface area contributed by atoms with Crippen molar-refractivity contribution >= 4 is 45.1 Å². The van der Waals surface area contributed by atoms with E-state index in [1.54, 1.807) is 11.3 Å². The van der Waals surface area contributed by atoms with E-state index in [9.17, 15) is 9.59 Å². The fourth-order valence-electron chi connectivity index (χ4n) is 1.76. The van der Waals surface area contributed by atoms with Crippen molar-refractivity contribution in [3.63, 3.8) is 0 Å². The van der Waals surface area contributed by atoms with Crippen LogP contribution in [-0.4, -0.2) is 18.7 Å². The van der Waals surface area contributed by atoms with Gasteiger partial charge in [-0.2, -0.15) is 0 Å². The number of amides is 1. The van der Waals surface area contributed by atoms with E-state index in [4.69, 9.17) is 5.73 Å². The maximum Gasteiger partial charge on any atom is 0.256 e. The van der Waals surface area contributed by atoms with Gasteiger partial charge < -0.3 is 16.4 Å². The number of hydrogen-bond donors (Lipinski definition) is 3. The average Bonchev–Trinajstić information content (AvgIpc) is 3.03. The molecule has 0 radical (unpaired) electrons. The van der Waals surface area contributed by atoms with Gasteiger partial charge in [0.2, 0.25) is 0 Å². The highest BCUT2D eigenvalue weighted by Crippen LogP contribution is 2.36. The standard InChI is InChI=1S/C13H15N3O2S2/c1-7(17)11-10(14)9(12(18)15-2)13(20-11)16-6-8-4-3-5-19-8/h3-5,16H,6,14H2,1-2H3,(H,15,18). The number of anilines is 2. The Bertz CT molecular complexity index is 632. The van der Waals surface area contributed by atoms with Gasteiger partial charge in [-0.05, 0) is 11.4 Å². The molecule has 0 atom stereocenters. The topological polar surface area (TPSA) is 84.2 Å². The summed E-state index contributed by atoms with van der Waals surface area (Å²) in [5.74, 6) is -0.429. The lowest BCUT2D eigenvalue weighted by Crippen LogP contribution is -2.20. The number of hydrogen-bond acceptors (Lipinski definition) is 6. The lowest BCUT2D eigenvalue weighted by molar-refractivity contribution is 0.0965. The zero-order valence-corrected chi connectivity index (χ0v) is 12.8. The first-order valence-electron chi connectivity index (χ1n) is 5.96. The number of carbonyl (C=O) groups excluding carboxylic acids is 2. The number of nitrogens with two attached hydrogens (primary N) is 1. The molecule has 0 saturated carbocycles. The normalized spacial score (nSPS) is 10.3. The molecule has 2 heterocycles. The van der Waals surface area contributed by atoms with Gasteiger partial charge in [-0.15, -0.1) is 22.7 Å². The summed E-state index contributed by atoms with van der Waals surface area (Å²) >= 11 is 2.84. The summed E-state index contributed by atoms with van der Waals surface area (Å²) in [4.78, 5) is 25.0. The molecule has 0 bridgehead atoms. The molecule has 20 heavy (non-hydrogen) atoms. The number of nitrogen functional groups attached to an aromatic ring is 1. The predicted molar refractivity (Wildman–Crippen MR) is 83.8 cm³/mol. The second kappa shape index (κ2) is 6.06. The molecule has 0 unspecified atom stereocenters. The van der Waals surface area contributed by atoms with Crippen LogP contribution in [0.5, 0.6) is 0 Å². The first kappa shape index (κ1) is 14.5. The number of carbonyl (C=O) groups is 2. The van der Waals surface area contributed by atoms with Crippen molar-refractivity contribution in [1.29, 1.82) is 0 Å². The molecule has 7 heteroatoms. The fourth-order valence-corrected chi connectivity index (χ4v) is 3.41. The Hall–Kier alpha value is -1.86. The van der Waals surface area contributed by atoms with Crippen LogP contribution in [0, 0.1) is 0 Å². The maximum atomic E-state index is 11.9. The molecule has 2 aromatic heterocycles. The quantitative estimate of drug-likeness (QED) is 0.741. The summed E-state index contributed by atoms with van der Waals surface area (Å²) in [6.07, 6.45) is 0. The molecule has 0 spiro atoms. The number of Topliss-reactive ketones (excluding diaryl/α,β-unsaturated/α-hetero) is 1. The first-order valence-corrected chi connectivity index (χ1v) is 7.65. The second-order valence-corrected chi connectivity index (χ2v) is 6.17. The van der Waals surface area contributed by atoms with E-state index in [1.807, 2.05) is 17.5 Å². The zero-order valence-electron chi connectivity index (χ0n) is 11.1. The van der Waals surface area contributed by atoms with E-state index >= 15 is 0 Å². The van der Waals surface area contributed by atoms with E-state index in [1.165, 1.54) is 25.3 Å². The lowest BCUT2D eigenvalue weighted by Gasteiger charge is -2.06. The minimum absolute atomic E-state index is 0.137. The average molecular weight is 309 g/mol. The molecule has 0 aliphatic rings. The van der Waals surface area contributed by atoms with Gasteiger partial charge in [-0.1, -0.05) is 6.07 Å². The minimum Gasteiger partial charge on any atom is -0.397 e. The van der Waals surface area contributed by atoms with Gasteiger partial charge >= 0.3 is 0 Å². The Morgan fingerprint density at radius 2 is 2.15 bits per heavy atom. The second-order valence-electron chi connectivity index (χ2n) is 4.12. The van der Waals surface area contributed by atoms with Crippen molar-refractivity contribution in [2.75, 3.05) is 18.1 Å². The monoisotopic (exact) mass is 309 g/mol. The summed E-state index contributed by atoms with van der Waals surface area (Å²) in [7, 11) is 1.54. The van der Waals surface area contributed by atoms with E-state index in [-0.39, 0.29) is 17.4 Å². The Balaban J connectivity index is 2.32. The van der Waals surface area contributed by atoms with E-state index in [2.05, 4.69) is 10.6 Å². The fraction of sp³-hybridized carbons (Fsp3) is 0.231. The number of thiophene rings is 2. The summed E-state index contributed by atoms with van der Waals surface area (Å²) in [5.41, 5.74) is 6.51. The van der Waals surface area contributed by atoms with Crippen LogP contribution in [0.3, 0.4) is 0 Å². The molecule has 106 valence electrons. The largest absolute Gasteiger partial charge is 0.397 e. The molecular weight excluding hydrogens is 294 g/mol. The van der Waals surface area contributed by atoms with Gasteiger partial charge in [0.25, 0.3) is 5.91 Å². The zero-order chi connectivity index (χ0) is 14.7. The summed E-state index contributed by atoms with van der Waals surface area (Å²) in [6, 6.07) is 3.96. The van der Waals surface area contributed by atoms with Crippen LogP contribution >= 0.6 is 22.7 Å². The lowest BCUT2D eigenvalue weighted by atomic mass is 10.2. The maximum absolute atomic E-state index is 11.9. The molecule has 0 aliphatic heterocycles. The van der Waals surface area contributed by atoms with Gasteiger partial charge in [0.05, 0.1) is 22.7 Å². The van der Waals surface area contributed by atoms with Crippen LogP contribution in [0.15, 0.2) is 17.5 Å². The van der Waals surface area contributed by atoms with E-state index in [0.717, 1.165) is 4.88 Å². The summed E-state index contributed by atoms with van der Waals surface area (Å²) in [5, 5.41) is 8.34. The van der Waals surface area contributed by atoms with Crippen molar-refractivity contribution in [3.05, 3.63) is 32.8 Å². The van der Waals surface area contributed by atoms with Crippen molar-refractivity contribution in [1.82, 2.24) is 5.32 Å². The summed E-state index contributed by atoms with van der Waals surface area (Å²) < 4.78 is 0. The smallest absolute Gasteiger partial charge is 0.256 e. The molecule has 0 aliphatic carbocycles. The third-order valence-electron chi connectivity index (χ3n) is 2.72. The van der Waals surface area contributed by atoms with Crippen LogP contribution < -0.4 is 16.4 Å². The predicted octanol–water partition coefficient (Wildman–Crippen LogP) is 2.57.